The number of fused-ring (bicyclic) bond motifs is 1. The van der Waals surface area contributed by atoms with Crippen LogP contribution in [0.2, 0.25) is 0 Å². The summed E-state index contributed by atoms with van der Waals surface area (Å²) in [5.41, 5.74) is 5.56. The Morgan fingerprint density at radius 2 is 1.65 bits per heavy atom. The van der Waals surface area contributed by atoms with Gasteiger partial charge in [0.05, 0.1) is 24.9 Å². The van der Waals surface area contributed by atoms with E-state index in [0.29, 0.717) is 31.0 Å². The van der Waals surface area contributed by atoms with E-state index in [0.717, 1.165) is 38.9 Å². The molecule has 0 fully saturated rings. The Labute approximate surface area is 231 Å². The molecule has 8 heteroatoms. The molecule has 0 bridgehead atoms. The first kappa shape index (κ1) is 25.5. The van der Waals surface area contributed by atoms with Crippen molar-refractivity contribution < 1.29 is 4.42 Å². The number of nitrogens with zero attached hydrogens (tertiary/aromatic N) is 5. The van der Waals surface area contributed by atoms with E-state index in [1.165, 1.54) is 0 Å². The number of hydrogen-bond donors (Lipinski definition) is 1. The highest BCUT2D eigenvalue weighted by molar-refractivity contribution is 5.83. The number of pyridine rings is 1. The minimum absolute atomic E-state index is 0.170. The number of aryl methyl sites for hydroxylation is 2. The zero-order valence-corrected chi connectivity index (χ0v) is 22.5. The highest BCUT2D eigenvalue weighted by Crippen LogP contribution is 2.31. The van der Waals surface area contributed by atoms with E-state index in [1.54, 1.807) is 10.9 Å². The number of aromatic nitrogens is 5. The fourth-order valence-electron chi connectivity index (χ4n) is 5.34. The largest absolute Gasteiger partial charge is 0.468 e. The number of nitrogens with one attached hydrogen (secondary N) is 1. The molecule has 1 N–H and O–H groups in total. The second-order valence-electron chi connectivity index (χ2n) is 10.2. The smallest absolute Gasteiger partial charge is 0.253 e. The van der Waals surface area contributed by atoms with Crippen LogP contribution in [-0.2, 0) is 19.6 Å². The lowest BCUT2D eigenvalue weighted by atomic mass is 10.00. The Bertz CT molecular complexity index is 1780. The third-order valence-corrected chi connectivity index (χ3v) is 7.13. The van der Waals surface area contributed by atoms with Gasteiger partial charge in [-0.25, -0.2) is 4.68 Å². The number of aromatic amines is 1. The van der Waals surface area contributed by atoms with Crippen molar-refractivity contribution in [1.29, 1.82) is 0 Å². The summed E-state index contributed by atoms with van der Waals surface area (Å²) in [6, 6.07) is 29.7. The predicted molar refractivity (Wildman–Crippen MR) is 154 cm³/mol. The Kier molecular flexibility index (Phi) is 7.08. The molecule has 0 aliphatic carbocycles. The van der Waals surface area contributed by atoms with Gasteiger partial charge in [-0.2, -0.15) is 0 Å². The van der Waals surface area contributed by atoms with Gasteiger partial charge in [0, 0.05) is 12.1 Å². The molecule has 3 aromatic heterocycles. The molecule has 0 saturated heterocycles. The van der Waals surface area contributed by atoms with Gasteiger partial charge in [0.2, 0.25) is 0 Å². The maximum Gasteiger partial charge on any atom is 0.253 e. The zero-order valence-electron chi connectivity index (χ0n) is 22.5. The second-order valence-corrected chi connectivity index (χ2v) is 10.2. The molecule has 40 heavy (non-hydrogen) atoms. The molecule has 6 rings (SSSR count). The summed E-state index contributed by atoms with van der Waals surface area (Å²) in [5, 5.41) is 13.9. The summed E-state index contributed by atoms with van der Waals surface area (Å²) in [6.07, 6.45) is 1.67. The van der Waals surface area contributed by atoms with Gasteiger partial charge in [-0.3, -0.25) is 9.69 Å². The van der Waals surface area contributed by atoms with Crippen molar-refractivity contribution in [2.75, 3.05) is 0 Å². The monoisotopic (exact) mass is 530 g/mol. The number of rotatable bonds is 9. The van der Waals surface area contributed by atoms with Gasteiger partial charge in [0.1, 0.15) is 11.8 Å². The van der Waals surface area contributed by atoms with Crippen LogP contribution >= 0.6 is 0 Å². The van der Waals surface area contributed by atoms with E-state index in [4.69, 9.17) is 4.42 Å². The molecule has 8 nitrogen and oxygen atoms in total. The summed E-state index contributed by atoms with van der Waals surface area (Å²) in [4.78, 5) is 19.2. The summed E-state index contributed by atoms with van der Waals surface area (Å²) in [7, 11) is 0. The third kappa shape index (κ3) is 5.34. The third-order valence-electron chi connectivity index (χ3n) is 7.13. The minimum Gasteiger partial charge on any atom is -0.468 e. The van der Waals surface area contributed by atoms with E-state index < -0.39 is 6.04 Å². The number of tetrazole rings is 1. The van der Waals surface area contributed by atoms with Crippen molar-refractivity contribution in [2.45, 2.75) is 39.5 Å². The Balaban J connectivity index is 1.54. The average molecular weight is 531 g/mol. The van der Waals surface area contributed by atoms with Gasteiger partial charge in [-0.15, -0.1) is 5.10 Å². The Morgan fingerprint density at radius 1 is 0.900 bits per heavy atom. The molecule has 6 aromatic rings. The molecular formula is C32H30N6O2. The fourth-order valence-corrected chi connectivity index (χ4v) is 5.34. The van der Waals surface area contributed by atoms with Gasteiger partial charge < -0.3 is 9.40 Å². The van der Waals surface area contributed by atoms with Crippen molar-refractivity contribution in [2.24, 2.45) is 0 Å². The summed E-state index contributed by atoms with van der Waals surface area (Å²) in [5.74, 6) is 1.37. The molecule has 0 amide bonds. The molecule has 0 radical (unpaired) electrons. The van der Waals surface area contributed by atoms with Gasteiger partial charge >= 0.3 is 0 Å². The van der Waals surface area contributed by atoms with Crippen molar-refractivity contribution in [3.05, 3.63) is 147 Å². The summed E-state index contributed by atoms with van der Waals surface area (Å²) >= 11 is 0. The lowest BCUT2D eigenvalue weighted by Gasteiger charge is -2.30. The van der Waals surface area contributed by atoms with Crippen LogP contribution in [0.15, 0.2) is 106 Å². The summed E-state index contributed by atoms with van der Waals surface area (Å²) < 4.78 is 7.56. The molecule has 1 atom stereocenters. The maximum atomic E-state index is 13.9. The van der Waals surface area contributed by atoms with Crippen molar-refractivity contribution in [3.8, 4) is 0 Å². The Morgan fingerprint density at radius 3 is 2.38 bits per heavy atom. The normalized spacial score (nSPS) is 12.3. The van der Waals surface area contributed by atoms with Gasteiger partial charge in [-0.05, 0) is 70.6 Å². The number of furan rings is 1. The first-order valence-corrected chi connectivity index (χ1v) is 13.3. The zero-order chi connectivity index (χ0) is 27.5. The average Bonchev–Trinajstić information content (AvgIpc) is 3.63. The lowest BCUT2D eigenvalue weighted by Crippen LogP contribution is -2.35. The number of hydrogen-bond acceptors (Lipinski definition) is 6. The fraction of sp³-hybridized carbons (Fsp3) is 0.188. The highest BCUT2D eigenvalue weighted by Gasteiger charge is 2.31. The maximum absolute atomic E-state index is 13.9. The quantitative estimate of drug-likeness (QED) is 0.263. The topological polar surface area (TPSA) is 92.8 Å². The van der Waals surface area contributed by atoms with Crippen molar-refractivity contribution >= 4 is 10.9 Å². The number of H-pyrrole nitrogens is 1. The van der Waals surface area contributed by atoms with Crippen LogP contribution in [0, 0.1) is 13.8 Å². The molecule has 200 valence electrons. The predicted octanol–water partition coefficient (Wildman–Crippen LogP) is 5.56. The molecule has 0 unspecified atom stereocenters. The lowest BCUT2D eigenvalue weighted by molar-refractivity contribution is 0.179. The van der Waals surface area contributed by atoms with Crippen LogP contribution in [0.3, 0.4) is 0 Å². The van der Waals surface area contributed by atoms with Crippen LogP contribution in [0.25, 0.3) is 10.9 Å². The molecule has 0 saturated carbocycles. The van der Waals surface area contributed by atoms with Crippen LogP contribution in [0.1, 0.15) is 45.4 Å². The minimum atomic E-state index is -0.557. The van der Waals surface area contributed by atoms with E-state index in [9.17, 15) is 4.79 Å². The SMILES string of the molecule is Cc1cc(C)c2[nH]c(=O)c([C@@H](c3nnnn3Cc3ccccc3)N(Cc3ccccc3)Cc3ccco3)cc2c1. The molecule has 0 aliphatic heterocycles. The van der Waals surface area contributed by atoms with Crippen LogP contribution in [0.5, 0.6) is 0 Å². The molecule has 3 heterocycles. The first-order valence-electron chi connectivity index (χ1n) is 13.3. The van der Waals surface area contributed by atoms with Gasteiger partial charge in [0.15, 0.2) is 5.82 Å². The summed E-state index contributed by atoms with van der Waals surface area (Å²) in [6.45, 7) is 5.56. The molecule has 0 spiro atoms. The molecule has 0 aliphatic rings. The van der Waals surface area contributed by atoms with Crippen molar-refractivity contribution in [1.82, 2.24) is 30.1 Å². The van der Waals surface area contributed by atoms with Crippen molar-refractivity contribution in [3.63, 3.8) is 0 Å². The highest BCUT2D eigenvalue weighted by atomic mass is 16.3. The number of benzene rings is 3. The standard InChI is InChI=1S/C32H30N6O2/c1-22-16-23(2)29-26(17-22)18-28(32(39)33-29)30(31-34-35-36-38(31)20-25-12-7-4-8-13-25)37(21-27-14-9-15-40-27)19-24-10-5-3-6-11-24/h3-18,30H,19-21H2,1-2H3,(H,33,39)/t30-/m0/s1. The van der Waals surface area contributed by atoms with E-state index in [2.05, 4.69) is 56.6 Å². The van der Waals surface area contributed by atoms with Crippen LogP contribution < -0.4 is 5.56 Å². The second kappa shape index (κ2) is 11.1. The van der Waals surface area contributed by atoms with E-state index in [1.807, 2.05) is 73.7 Å². The van der Waals surface area contributed by atoms with Gasteiger partial charge in [0.25, 0.3) is 5.56 Å². The van der Waals surface area contributed by atoms with Crippen LogP contribution in [0.4, 0.5) is 0 Å². The van der Waals surface area contributed by atoms with E-state index >= 15 is 0 Å². The Hall–Kier alpha value is -4.82. The first-order chi connectivity index (χ1) is 19.5. The molecule has 3 aromatic carbocycles. The van der Waals surface area contributed by atoms with E-state index in [-0.39, 0.29) is 5.56 Å². The molecular weight excluding hydrogens is 500 g/mol. The van der Waals surface area contributed by atoms with Crippen LogP contribution in [-0.4, -0.2) is 30.1 Å². The van der Waals surface area contributed by atoms with Gasteiger partial charge in [-0.1, -0.05) is 72.3 Å².